The van der Waals surface area contributed by atoms with Crippen LogP contribution in [0.2, 0.25) is 0 Å². The van der Waals surface area contributed by atoms with Crippen molar-refractivity contribution < 1.29 is 13.5 Å². The third kappa shape index (κ3) is 3.28. The molecule has 1 atom stereocenters. The van der Waals surface area contributed by atoms with E-state index in [1.165, 1.54) is 12.1 Å². The Labute approximate surface area is 122 Å². The summed E-state index contributed by atoms with van der Waals surface area (Å²) in [5, 5.41) is -0.375. The molecule has 0 saturated heterocycles. The van der Waals surface area contributed by atoms with Crippen molar-refractivity contribution in [3.63, 3.8) is 0 Å². The normalized spacial score (nSPS) is 12.2. The Morgan fingerprint density at radius 3 is 2.50 bits per heavy atom. The van der Waals surface area contributed by atoms with E-state index in [0.29, 0.717) is 12.0 Å². The number of hydrogen-bond donors (Lipinski definition) is 0. The van der Waals surface area contributed by atoms with Gasteiger partial charge in [0.2, 0.25) is 0 Å². The summed E-state index contributed by atoms with van der Waals surface area (Å²) in [7, 11) is 1.61. The van der Waals surface area contributed by atoms with E-state index in [1.54, 1.807) is 7.11 Å². The van der Waals surface area contributed by atoms with Crippen molar-refractivity contribution >= 4 is 11.6 Å². The number of rotatable bonds is 4. The summed E-state index contributed by atoms with van der Waals surface area (Å²) in [6.45, 7) is 1.92. The molecule has 0 amide bonds. The molecule has 0 fully saturated rings. The van der Waals surface area contributed by atoms with Crippen LogP contribution in [0.5, 0.6) is 5.75 Å². The van der Waals surface area contributed by atoms with Gasteiger partial charge in [0.25, 0.3) is 0 Å². The number of methoxy groups -OCH3 is 1. The third-order valence-corrected chi connectivity index (χ3v) is 3.60. The zero-order valence-electron chi connectivity index (χ0n) is 11.3. The molecular formula is C16H15ClF2O. The molecule has 0 radical (unpaired) electrons. The molecule has 20 heavy (non-hydrogen) atoms. The zero-order valence-corrected chi connectivity index (χ0v) is 12.0. The average Bonchev–Trinajstić information content (AvgIpc) is 2.41. The lowest BCUT2D eigenvalue weighted by Crippen LogP contribution is -2.00. The predicted molar refractivity (Wildman–Crippen MR) is 76.4 cm³/mol. The number of alkyl halides is 1. The molecule has 0 aromatic heterocycles. The Balaban J connectivity index is 2.19. The third-order valence-electron chi connectivity index (χ3n) is 3.19. The fourth-order valence-corrected chi connectivity index (χ4v) is 2.40. The van der Waals surface area contributed by atoms with Gasteiger partial charge in [-0.2, -0.15) is 0 Å². The summed E-state index contributed by atoms with van der Waals surface area (Å²) in [4.78, 5) is 0. The maximum Gasteiger partial charge on any atom is 0.129 e. The first-order valence-corrected chi connectivity index (χ1v) is 6.67. The van der Waals surface area contributed by atoms with Crippen LogP contribution in [-0.2, 0) is 6.42 Å². The molecule has 2 aromatic rings. The molecule has 2 rings (SSSR count). The average molecular weight is 297 g/mol. The lowest BCUT2D eigenvalue weighted by atomic mass is 10.0. The molecule has 0 spiro atoms. The van der Waals surface area contributed by atoms with E-state index in [4.69, 9.17) is 16.3 Å². The van der Waals surface area contributed by atoms with Gasteiger partial charge in [0.15, 0.2) is 0 Å². The van der Waals surface area contributed by atoms with Gasteiger partial charge in [0.1, 0.15) is 17.4 Å². The fourth-order valence-electron chi connectivity index (χ4n) is 2.09. The quantitative estimate of drug-likeness (QED) is 0.736. The summed E-state index contributed by atoms with van der Waals surface area (Å²) in [6, 6.07) is 9.14. The predicted octanol–water partition coefficient (Wildman–Crippen LogP) is 4.80. The number of hydrogen-bond acceptors (Lipinski definition) is 1. The van der Waals surface area contributed by atoms with Gasteiger partial charge in [-0.05, 0) is 42.2 Å². The molecule has 1 nitrogen and oxygen atoms in total. The van der Waals surface area contributed by atoms with Crippen LogP contribution in [0.15, 0.2) is 36.4 Å². The summed E-state index contributed by atoms with van der Waals surface area (Å²) in [5.74, 6) is -0.371. The van der Waals surface area contributed by atoms with E-state index >= 15 is 0 Å². The van der Waals surface area contributed by atoms with Gasteiger partial charge in [-0.15, -0.1) is 11.6 Å². The van der Waals surface area contributed by atoms with E-state index in [1.807, 2.05) is 25.1 Å². The summed E-state index contributed by atoms with van der Waals surface area (Å²) < 4.78 is 31.6. The first-order chi connectivity index (χ1) is 9.51. The minimum atomic E-state index is -0.585. The van der Waals surface area contributed by atoms with E-state index in [-0.39, 0.29) is 5.38 Å². The zero-order chi connectivity index (χ0) is 14.7. The first kappa shape index (κ1) is 14.8. The van der Waals surface area contributed by atoms with E-state index < -0.39 is 11.6 Å². The highest BCUT2D eigenvalue weighted by Gasteiger charge is 2.13. The Morgan fingerprint density at radius 2 is 1.90 bits per heavy atom. The van der Waals surface area contributed by atoms with Crippen LogP contribution < -0.4 is 4.74 Å². The largest absolute Gasteiger partial charge is 0.496 e. The molecule has 1 unspecified atom stereocenters. The molecule has 0 saturated carbocycles. The van der Waals surface area contributed by atoms with Gasteiger partial charge in [0.05, 0.1) is 12.5 Å². The van der Waals surface area contributed by atoms with Crippen LogP contribution in [0.4, 0.5) is 8.78 Å². The van der Waals surface area contributed by atoms with Crippen LogP contribution >= 0.6 is 11.6 Å². The highest BCUT2D eigenvalue weighted by Crippen LogP contribution is 2.29. The fraction of sp³-hybridized carbons (Fsp3) is 0.250. The second-order valence-corrected chi connectivity index (χ2v) is 5.16. The number of aryl methyl sites for hydroxylation is 1. The molecule has 0 bridgehead atoms. The molecule has 0 aliphatic rings. The van der Waals surface area contributed by atoms with Crippen molar-refractivity contribution in [3.05, 3.63) is 64.7 Å². The van der Waals surface area contributed by atoms with Crippen molar-refractivity contribution in [3.8, 4) is 5.75 Å². The molecule has 0 aliphatic carbocycles. The molecule has 0 N–H and O–H groups in total. The van der Waals surface area contributed by atoms with Crippen LogP contribution in [0.3, 0.4) is 0 Å². The second-order valence-electron chi connectivity index (χ2n) is 4.64. The maximum absolute atomic E-state index is 13.6. The smallest absolute Gasteiger partial charge is 0.129 e. The minimum Gasteiger partial charge on any atom is -0.496 e. The molecule has 0 heterocycles. The maximum atomic E-state index is 13.6. The molecule has 2 aromatic carbocycles. The Hall–Kier alpha value is -1.61. The van der Waals surface area contributed by atoms with Gasteiger partial charge in [-0.25, -0.2) is 8.78 Å². The van der Waals surface area contributed by atoms with Gasteiger partial charge in [-0.1, -0.05) is 18.2 Å². The summed E-state index contributed by atoms with van der Waals surface area (Å²) in [6.07, 6.45) is 0.305. The first-order valence-electron chi connectivity index (χ1n) is 6.24. The van der Waals surface area contributed by atoms with Crippen LogP contribution in [0.25, 0.3) is 0 Å². The van der Waals surface area contributed by atoms with Gasteiger partial charge in [-0.3, -0.25) is 0 Å². The second kappa shape index (κ2) is 6.23. The molecule has 106 valence electrons. The Morgan fingerprint density at radius 1 is 1.15 bits per heavy atom. The van der Waals surface area contributed by atoms with E-state index in [9.17, 15) is 8.78 Å². The molecule has 4 heteroatoms. The molecule has 0 aliphatic heterocycles. The van der Waals surface area contributed by atoms with Crippen LogP contribution in [0.1, 0.15) is 22.1 Å². The van der Waals surface area contributed by atoms with E-state index in [0.717, 1.165) is 22.9 Å². The summed E-state index contributed by atoms with van der Waals surface area (Å²) >= 11 is 6.32. The van der Waals surface area contributed by atoms with Crippen LogP contribution in [0, 0.1) is 18.6 Å². The monoisotopic (exact) mass is 296 g/mol. The highest BCUT2D eigenvalue weighted by molar-refractivity contribution is 6.20. The van der Waals surface area contributed by atoms with Gasteiger partial charge < -0.3 is 4.74 Å². The lowest BCUT2D eigenvalue weighted by molar-refractivity contribution is 0.411. The van der Waals surface area contributed by atoms with Gasteiger partial charge in [0, 0.05) is 6.07 Å². The topological polar surface area (TPSA) is 9.23 Å². The van der Waals surface area contributed by atoms with E-state index in [2.05, 4.69) is 0 Å². The van der Waals surface area contributed by atoms with Gasteiger partial charge >= 0.3 is 0 Å². The van der Waals surface area contributed by atoms with Crippen molar-refractivity contribution in [1.82, 2.24) is 0 Å². The Bertz CT molecular complexity index is 613. The van der Waals surface area contributed by atoms with Crippen molar-refractivity contribution in [2.45, 2.75) is 18.7 Å². The van der Waals surface area contributed by atoms with Crippen LogP contribution in [-0.4, -0.2) is 7.11 Å². The lowest BCUT2D eigenvalue weighted by Gasteiger charge is -2.13. The molecular weight excluding hydrogens is 282 g/mol. The Kier molecular flexibility index (Phi) is 4.61. The number of halogens is 3. The van der Waals surface area contributed by atoms with Crippen molar-refractivity contribution in [2.75, 3.05) is 7.11 Å². The summed E-state index contributed by atoms with van der Waals surface area (Å²) in [5.41, 5.74) is 2.25. The minimum absolute atomic E-state index is 0.305. The number of benzene rings is 2. The standard InChI is InChI=1S/C16H15ClF2O/c1-10-7-11(4-6-16(10)20-2)14(17)8-12-3-5-13(18)9-15(12)19/h3-7,9,14H,8H2,1-2H3. The highest BCUT2D eigenvalue weighted by atomic mass is 35.5. The van der Waals surface area contributed by atoms with Crippen molar-refractivity contribution in [1.29, 1.82) is 0 Å². The number of ether oxygens (including phenoxy) is 1. The van der Waals surface area contributed by atoms with Crippen molar-refractivity contribution in [2.24, 2.45) is 0 Å². The SMILES string of the molecule is COc1ccc(C(Cl)Cc2ccc(F)cc2F)cc1C.